The van der Waals surface area contributed by atoms with Gasteiger partial charge in [-0.05, 0) is 30.3 Å². The second kappa shape index (κ2) is 6.24. The van der Waals surface area contributed by atoms with Gasteiger partial charge >= 0.3 is 0 Å². The zero-order valence-corrected chi connectivity index (χ0v) is 11.4. The molecule has 0 aliphatic carbocycles. The quantitative estimate of drug-likeness (QED) is 0.499. The van der Waals surface area contributed by atoms with E-state index in [1.807, 2.05) is 24.3 Å². The number of nitrogens with zero attached hydrogens (tertiary/aromatic N) is 1. The highest BCUT2D eigenvalue weighted by molar-refractivity contribution is 7.98. The molecular formula is C14H15N3OS. The van der Waals surface area contributed by atoms with Crippen molar-refractivity contribution in [2.75, 3.05) is 7.11 Å². The Morgan fingerprint density at radius 2 is 2.05 bits per heavy atom. The molecule has 19 heavy (non-hydrogen) atoms. The average Bonchev–Trinajstić information content (AvgIpc) is 2.45. The topological polar surface area (TPSA) is 72.0 Å². The highest BCUT2D eigenvalue weighted by Crippen LogP contribution is 2.28. The number of thioether (sulfide) groups is 1. The number of aromatic nitrogens is 1. The van der Waals surface area contributed by atoms with Gasteiger partial charge < -0.3 is 10.5 Å². The van der Waals surface area contributed by atoms with Crippen molar-refractivity contribution in [1.29, 1.82) is 5.41 Å². The summed E-state index contributed by atoms with van der Waals surface area (Å²) in [4.78, 5) is 5.13. The van der Waals surface area contributed by atoms with Crippen LogP contribution in [0.4, 0.5) is 0 Å². The highest BCUT2D eigenvalue weighted by atomic mass is 32.2. The van der Waals surface area contributed by atoms with Gasteiger partial charge in [0.2, 0.25) is 0 Å². The van der Waals surface area contributed by atoms with E-state index in [1.54, 1.807) is 37.3 Å². The molecule has 5 heteroatoms. The first-order valence-corrected chi connectivity index (χ1v) is 6.73. The van der Waals surface area contributed by atoms with E-state index in [0.717, 1.165) is 22.0 Å². The van der Waals surface area contributed by atoms with E-state index in [9.17, 15) is 0 Å². The van der Waals surface area contributed by atoms with E-state index in [1.165, 1.54) is 0 Å². The average molecular weight is 273 g/mol. The monoisotopic (exact) mass is 273 g/mol. The van der Waals surface area contributed by atoms with E-state index in [4.69, 9.17) is 15.9 Å². The Kier molecular flexibility index (Phi) is 4.41. The van der Waals surface area contributed by atoms with Gasteiger partial charge in [-0.15, -0.1) is 11.8 Å². The molecule has 1 heterocycles. The third-order valence-electron chi connectivity index (χ3n) is 2.64. The highest BCUT2D eigenvalue weighted by Gasteiger charge is 2.07. The fraction of sp³-hybridized carbons (Fsp3) is 0.143. The van der Waals surface area contributed by atoms with Gasteiger partial charge in [-0.2, -0.15) is 0 Å². The Morgan fingerprint density at radius 1 is 1.32 bits per heavy atom. The predicted octanol–water partition coefficient (Wildman–Crippen LogP) is 2.67. The van der Waals surface area contributed by atoms with Crippen molar-refractivity contribution < 1.29 is 4.74 Å². The molecular weight excluding hydrogens is 258 g/mol. The van der Waals surface area contributed by atoms with Gasteiger partial charge in [0, 0.05) is 34.2 Å². The molecule has 0 saturated heterocycles. The lowest BCUT2D eigenvalue weighted by Gasteiger charge is -2.10. The molecule has 0 atom stereocenters. The fourth-order valence-electron chi connectivity index (χ4n) is 1.65. The number of hydrogen-bond acceptors (Lipinski definition) is 4. The molecule has 2 aromatic rings. The van der Waals surface area contributed by atoms with Gasteiger partial charge in [-0.25, -0.2) is 0 Å². The zero-order valence-electron chi connectivity index (χ0n) is 10.6. The molecule has 0 aliphatic heterocycles. The molecule has 1 aromatic carbocycles. The van der Waals surface area contributed by atoms with Crippen molar-refractivity contribution in [3.63, 3.8) is 0 Å². The molecule has 98 valence electrons. The molecule has 0 radical (unpaired) electrons. The molecule has 0 saturated carbocycles. The van der Waals surface area contributed by atoms with Crippen LogP contribution in [0, 0.1) is 5.41 Å². The molecule has 0 aliphatic rings. The summed E-state index contributed by atoms with van der Waals surface area (Å²) < 4.78 is 5.33. The summed E-state index contributed by atoms with van der Waals surface area (Å²) in [5.41, 5.74) is 7.25. The van der Waals surface area contributed by atoms with Crippen LogP contribution in [0.3, 0.4) is 0 Å². The lowest BCUT2D eigenvalue weighted by molar-refractivity contribution is 0.411. The summed E-state index contributed by atoms with van der Waals surface area (Å²) in [7, 11) is 1.64. The maximum Gasteiger partial charge on any atom is 0.122 e. The van der Waals surface area contributed by atoms with Gasteiger partial charge in [0.1, 0.15) is 11.6 Å². The van der Waals surface area contributed by atoms with E-state index >= 15 is 0 Å². The number of nitrogens with one attached hydrogen (secondary N) is 1. The zero-order chi connectivity index (χ0) is 13.7. The lowest BCUT2D eigenvalue weighted by Crippen LogP contribution is -2.11. The number of amidine groups is 1. The largest absolute Gasteiger partial charge is 0.496 e. The van der Waals surface area contributed by atoms with Gasteiger partial charge in [-0.1, -0.05) is 0 Å². The molecule has 0 unspecified atom stereocenters. The number of nitrogen functional groups attached to an aromatic ring is 1. The molecule has 0 spiro atoms. The van der Waals surface area contributed by atoms with Crippen LogP contribution in [0.2, 0.25) is 0 Å². The van der Waals surface area contributed by atoms with Crippen LogP contribution in [0.5, 0.6) is 5.75 Å². The second-order valence-corrected chi connectivity index (χ2v) is 4.96. The van der Waals surface area contributed by atoms with Gasteiger partial charge in [0.05, 0.1) is 7.11 Å². The maximum absolute atomic E-state index is 7.48. The molecule has 0 fully saturated rings. The molecule has 1 aromatic heterocycles. The summed E-state index contributed by atoms with van der Waals surface area (Å²) >= 11 is 1.69. The third kappa shape index (κ3) is 3.48. The SMILES string of the molecule is COc1ccc(C(=N)N)cc1CSc1ccncc1. The summed E-state index contributed by atoms with van der Waals surface area (Å²) in [6.45, 7) is 0. The molecule has 3 N–H and O–H groups in total. The third-order valence-corrected chi connectivity index (χ3v) is 3.70. The van der Waals surface area contributed by atoms with E-state index in [2.05, 4.69) is 4.98 Å². The van der Waals surface area contributed by atoms with Crippen molar-refractivity contribution >= 4 is 17.6 Å². The van der Waals surface area contributed by atoms with Crippen LogP contribution < -0.4 is 10.5 Å². The van der Waals surface area contributed by atoms with Crippen LogP contribution >= 0.6 is 11.8 Å². The standard InChI is InChI=1S/C14H15N3OS/c1-18-13-3-2-10(14(15)16)8-11(13)9-19-12-4-6-17-7-5-12/h2-8H,9H2,1H3,(H3,15,16). The summed E-state index contributed by atoms with van der Waals surface area (Å²) in [6, 6.07) is 9.47. The van der Waals surface area contributed by atoms with Crippen molar-refractivity contribution in [3.05, 3.63) is 53.9 Å². The van der Waals surface area contributed by atoms with Gasteiger partial charge in [0.25, 0.3) is 0 Å². The normalized spacial score (nSPS) is 10.2. The number of methoxy groups -OCH3 is 1. The number of hydrogen-bond donors (Lipinski definition) is 2. The Hall–Kier alpha value is -2.01. The smallest absolute Gasteiger partial charge is 0.122 e. The number of rotatable bonds is 5. The van der Waals surface area contributed by atoms with Crippen molar-refractivity contribution in [1.82, 2.24) is 4.98 Å². The Labute approximate surface area is 116 Å². The minimum Gasteiger partial charge on any atom is -0.496 e. The maximum atomic E-state index is 7.48. The van der Waals surface area contributed by atoms with Gasteiger partial charge in [0.15, 0.2) is 0 Å². The Morgan fingerprint density at radius 3 is 2.68 bits per heavy atom. The molecule has 0 amide bonds. The number of nitrogens with two attached hydrogens (primary N) is 1. The Balaban J connectivity index is 2.18. The van der Waals surface area contributed by atoms with Crippen molar-refractivity contribution in [2.24, 2.45) is 5.73 Å². The first kappa shape index (κ1) is 13.4. The van der Waals surface area contributed by atoms with Crippen LogP contribution in [0.15, 0.2) is 47.6 Å². The summed E-state index contributed by atoms with van der Waals surface area (Å²) in [5.74, 6) is 1.64. The number of ether oxygens (including phenoxy) is 1. The van der Waals surface area contributed by atoms with E-state index in [-0.39, 0.29) is 5.84 Å². The van der Waals surface area contributed by atoms with Gasteiger partial charge in [-0.3, -0.25) is 10.4 Å². The number of benzene rings is 1. The Bertz CT molecular complexity index is 572. The van der Waals surface area contributed by atoms with Crippen molar-refractivity contribution in [3.8, 4) is 5.75 Å². The molecule has 0 bridgehead atoms. The van der Waals surface area contributed by atoms with Crippen LogP contribution in [0.25, 0.3) is 0 Å². The van der Waals surface area contributed by atoms with E-state index < -0.39 is 0 Å². The minimum absolute atomic E-state index is 0.0674. The first-order chi connectivity index (χ1) is 9.20. The molecule has 4 nitrogen and oxygen atoms in total. The minimum atomic E-state index is 0.0674. The van der Waals surface area contributed by atoms with Crippen LogP contribution in [0.1, 0.15) is 11.1 Å². The lowest BCUT2D eigenvalue weighted by atomic mass is 10.1. The molecule has 2 rings (SSSR count). The van der Waals surface area contributed by atoms with Crippen LogP contribution in [-0.2, 0) is 5.75 Å². The summed E-state index contributed by atoms with van der Waals surface area (Å²) in [6.07, 6.45) is 3.54. The van der Waals surface area contributed by atoms with E-state index in [0.29, 0.717) is 5.56 Å². The predicted molar refractivity (Wildman–Crippen MR) is 77.8 cm³/mol. The second-order valence-electron chi connectivity index (χ2n) is 3.91. The first-order valence-electron chi connectivity index (χ1n) is 5.75. The fourth-order valence-corrected chi connectivity index (χ4v) is 2.52. The van der Waals surface area contributed by atoms with Crippen molar-refractivity contribution in [2.45, 2.75) is 10.6 Å². The number of pyridine rings is 1. The van der Waals surface area contributed by atoms with Crippen LogP contribution in [-0.4, -0.2) is 17.9 Å². The summed E-state index contributed by atoms with van der Waals surface area (Å²) in [5, 5.41) is 7.48.